The van der Waals surface area contributed by atoms with Crippen LogP contribution in [0.2, 0.25) is 0 Å². The van der Waals surface area contributed by atoms with E-state index in [2.05, 4.69) is 32.6 Å². The fraction of sp³-hybridized carbons (Fsp3) is 0.667. The Morgan fingerprint density at radius 3 is 2.40 bits per heavy atom. The van der Waals surface area contributed by atoms with Gasteiger partial charge < -0.3 is 20.5 Å². The number of amides is 2. The highest BCUT2D eigenvalue weighted by Gasteiger charge is 2.37. The van der Waals surface area contributed by atoms with Crippen molar-refractivity contribution in [2.24, 2.45) is 17.1 Å². The summed E-state index contributed by atoms with van der Waals surface area (Å²) < 4.78 is 6.36. The molecule has 0 saturated heterocycles. The first-order chi connectivity index (χ1) is 16.1. The van der Waals surface area contributed by atoms with Crippen LogP contribution in [-0.4, -0.2) is 57.9 Å². The van der Waals surface area contributed by atoms with E-state index in [4.69, 9.17) is 10.5 Å². The van der Waals surface area contributed by atoms with Crippen molar-refractivity contribution < 1.29 is 24.2 Å². The van der Waals surface area contributed by atoms with Crippen LogP contribution in [0.3, 0.4) is 0 Å². The summed E-state index contributed by atoms with van der Waals surface area (Å²) in [5, 5.41) is 10.0. The molecule has 8 heteroatoms. The molecular weight excluding hydrogens is 446 g/mol. The molecule has 0 aromatic heterocycles. The Hall–Kier alpha value is -2.77. The first kappa shape index (κ1) is 28.5. The molecule has 0 radical (unpaired) electrons. The fourth-order valence-electron chi connectivity index (χ4n) is 4.28. The number of ketones is 1. The molecule has 1 atom stereocenters. The third-order valence-electron chi connectivity index (χ3n) is 6.10. The van der Waals surface area contributed by atoms with Crippen molar-refractivity contribution in [3.05, 3.63) is 34.9 Å². The van der Waals surface area contributed by atoms with Crippen molar-refractivity contribution in [1.29, 1.82) is 0 Å². The van der Waals surface area contributed by atoms with Crippen molar-refractivity contribution in [3.8, 4) is 0 Å². The monoisotopic (exact) mass is 489 g/mol. The number of unbranched alkanes of at least 4 members (excludes halogenated alkanes) is 1. The summed E-state index contributed by atoms with van der Waals surface area (Å²) in [7, 11) is 0. The van der Waals surface area contributed by atoms with E-state index in [9.17, 15) is 19.5 Å². The minimum Gasteiger partial charge on any atom is -0.491 e. The number of nitrogens with two attached hydrogens (primary N) is 1. The first-order valence-electron chi connectivity index (χ1n) is 12.5. The SMILES string of the molecule is CCCCOC1=C(CN(C(=O)O)C(C)(C)C)N(CC(C)(C)C)C=C2CC(=O)C(CCC(N)=O)C=C21. The van der Waals surface area contributed by atoms with E-state index in [-0.39, 0.29) is 30.6 Å². The molecule has 0 aromatic rings. The van der Waals surface area contributed by atoms with Crippen LogP contribution in [0, 0.1) is 11.3 Å². The average molecular weight is 490 g/mol. The largest absolute Gasteiger partial charge is 0.491 e. The lowest BCUT2D eigenvalue weighted by Gasteiger charge is -2.41. The fourth-order valence-corrected chi connectivity index (χ4v) is 4.28. The van der Waals surface area contributed by atoms with Gasteiger partial charge in [-0.15, -0.1) is 0 Å². The maximum Gasteiger partial charge on any atom is 0.408 e. The van der Waals surface area contributed by atoms with Gasteiger partial charge in [-0.3, -0.25) is 14.5 Å². The Balaban J connectivity index is 2.65. The number of carboxylic acid groups (broad SMARTS) is 1. The van der Waals surface area contributed by atoms with E-state index in [1.165, 1.54) is 4.90 Å². The van der Waals surface area contributed by atoms with E-state index in [1.54, 1.807) is 0 Å². The number of carbonyl (C=O) groups is 3. The molecule has 1 aliphatic heterocycles. The Labute approximate surface area is 209 Å². The van der Waals surface area contributed by atoms with Gasteiger partial charge in [-0.2, -0.15) is 0 Å². The van der Waals surface area contributed by atoms with Crippen LogP contribution in [0.5, 0.6) is 0 Å². The second-order valence-electron chi connectivity index (χ2n) is 11.7. The highest BCUT2D eigenvalue weighted by Crippen LogP contribution is 2.40. The molecule has 0 spiro atoms. The summed E-state index contributed by atoms with van der Waals surface area (Å²) >= 11 is 0. The van der Waals surface area contributed by atoms with Gasteiger partial charge in [-0.1, -0.05) is 40.2 Å². The van der Waals surface area contributed by atoms with Crippen LogP contribution in [0.25, 0.3) is 0 Å². The molecule has 2 aliphatic rings. The highest BCUT2D eigenvalue weighted by atomic mass is 16.5. The summed E-state index contributed by atoms with van der Waals surface area (Å²) in [5.41, 5.74) is 7.09. The lowest BCUT2D eigenvalue weighted by molar-refractivity contribution is -0.122. The van der Waals surface area contributed by atoms with Crippen molar-refractivity contribution >= 4 is 17.8 Å². The van der Waals surface area contributed by atoms with Crippen LogP contribution >= 0.6 is 0 Å². The lowest BCUT2D eigenvalue weighted by Crippen LogP contribution is -2.48. The van der Waals surface area contributed by atoms with Crippen molar-refractivity contribution in [2.45, 2.75) is 86.1 Å². The number of ether oxygens (including phenoxy) is 1. The maximum absolute atomic E-state index is 12.9. The quantitative estimate of drug-likeness (QED) is 0.425. The predicted octanol–water partition coefficient (Wildman–Crippen LogP) is 4.82. The summed E-state index contributed by atoms with van der Waals surface area (Å²) in [5.74, 6) is -0.175. The summed E-state index contributed by atoms with van der Waals surface area (Å²) in [4.78, 5) is 40.0. The van der Waals surface area contributed by atoms with Gasteiger partial charge in [-0.25, -0.2) is 4.79 Å². The Morgan fingerprint density at radius 2 is 1.89 bits per heavy atom. The van der Waals surface area contributed by atoms with Gasteiger partial charge in [0.2, 0.25) is 5.91 Å². The molecule has 0 fully saturated rings. The van der Waals surface area contributed by atoms with Crippen molar-refractivity contribution in [3.63, 3.8) is 0 Å². The lowest BCUT2D eigenvalue weighted by atomic mass is 9.80. The van der Waals surface area contributed by atoms with E-state index < -0.39 is 23.5 Å². The first-order valence-corrected chi connectivity index (χ1v) is 12.5. The number of nitrogens with zero attached hydrogens (tertiary/aromatic N) is 2. The number of primary amides is 1. The van der Waals surface area contributed by atoms with Gasteiger partial charge in [0.05, 0.1) is 18.8 Å². The number of carbonyl (C=O) groups excluding carboxylic acids is 2. The molecule has 2 amide bonds. The van der Waals surface area contributed by atoms with Crippen LogP contribution < -0.4 is 5.73 Å². The number of rotatable bonds is 10. The van der Waals surface area contributed by atoms with Gasteiger partial charge in [0.25, 0.3) is 0 Å². The molecule has 2 rings (SSSR count). The highest BCUT2D eigenvalue weighted by molar-refractivity contribution is 5.89. The van der Waals surface area contributed by atoms with Gasteiger partial charge in [-0.05, 0) is 44.6 Å². The number of hydrogen-bond acceptors (Lipinski definition) is 5. The van der Waals surface area contributed by atoms with Gasteiger partial charge in [0.15, 0.2) is 0 Å². The minimum atomic E-state index is -1.00. The smallest absolute Gasteiger partial charge is 0.408 e. The van der Waals surface area contributed by atoms with E-state index in [0.29, 0.717) is 25.3 Å². The second-order valence-corrected chi connectivity index (χ2v) is 11.7. The Kier molecular flexibility index (Phi) is 9.20. The number of Topliss-reactive ketones (excluding diaryl/α,β-unsaturated/α-hetero) is 1. The second kappa shape index (κ2) is 11.3. The minimum absolute atomic E-state index is 0.0511. The van der Waals surface area contributed by atoms with Gasteiger partial charge >= 0.3 is 6.09 Å². The van der Waals surface area contributed by atoms with Crippen molar-refractivity contribution in [2.75, 3.05) is 19.7 Å². The third kappa shape index (κ3) is 7.87. The molecule has 0 bridgehead atoms. The molecule has 0 saturated carbocycles. The average Bonchev–Trinajstić information content (AvgIpc) is 2.69. The molecular formula is C27H43N3O5. The topological polar surface area (TPSA) is 113 Å². The molecule has 1 heterocycles. The zero-order chi connectivity index (χ0) is 26.6. The molecule has 3 N–H and O–H groups in total. The van der Waals surface area contributed by atoms with E-state index in [1.807, 2.05) is 33.0 Å². The van der Waals surface area contributed by atoms with Crippen LogP contribution in [0.15, 0.2) is 34.9 Å². The van der Waals surface area contributed by atoms with E-state index >= 15 is 0 Å². The normalized spacial score (nSPS) is 18.7. The molecule has 196 valence electrons. The summed E-state index contributed by atoms with van der Waals surface area (Å²) in [6.45, 7) is 15.3. The van der Waals surface area contributed by atoms with Gasteiger partial charge in [0, 0.05) is 42.6 Å². The van der Waals surface area contributed by atoms with Crippen molar-refractivity contribution in [1.82, 2.24) is 9.80 Å². The van der Waals surface area contributed by atoms with Crippen LogP contribution in [0.1, 0.15) is 80.6 Å². The number of fused-ring (bicyclic) bond motifs is 1. The predicted molar refractivity (Wildman–Crippen MR) is 136 cm³/mol. The van der Waals surface area contributed by atoms with E-state index in [0.717, 1.165) is 29.7 Å². The van der Waals surface area contributed by atoms with Gasteiger partial charge in [0.1, 0.15) is 11.5 Å². The van der Waals surface area contributed by atoms with Crippen LogP contribution in [0.4, 0.5) is 4.79 Å². The Morgan fingerprint density at radius 1 is 1.23 bits per heavy atom. The summed E-state index contributed by atoms with van der Waals surface area (Å²) in [6, 6.07) is 0. The standard InChI is InChI=1S/C27H43N3O5/c1-8-9-12-35-24-20-13-18(10-11-23(28)32)22(31)14-19(20)15-29(17-26(2,3)4)21(24)16-30(25(33)34)27(5,6)7/h13,15,18H,8-12,14,16-17H2,1-7H3,(H2,28,32)(H,33,34). The molecule has 0 aromatic carbocycles. The molecule has 1 aliphatic carbocycles. The third-order valence-corrected chi connectivity index (χ3v) is 6.10. The zero-order valence-corrected chi connectivity index (χ0v) is 22.4. The molecule has 8 nitrogen and oxygen atoms in total. The molecule has 35 heavy (non-hydrogen) atoms. The molecule has 1 unspecified atom stereocenters. The number of hydrogen-bond donors (Lipinski definition) is 2. The Bertz CT molecular complexity index is 918. The number of allylic oxidation sites excluding steroid dienone is 2. The maximum atomic E-state index is 12.9. The van der Waals surface area contributed by atoms with Crippen LogP contribution in [-0.2, 0) is 14.3 Å². The summed E-state index contributed by atoms with van der Waals surface area (Å²) in [6.07, 6.45) is 5.41. The zero-order valence-electron chi connectivity index (χ0n) is 22.4.